The summed E-state index contributed by atoms with van der Waals surface area (Å²) in [5, 5.41) is 2.94. The molecule has 3 aromatic carbocycles. The molecule has 0 atom stereocenters. The monoisotopic (exact) mass is 399 g/mol. The molecule has 1 aromatic heterocycles. The van der Waals surface area contributed by atoms with Crippen molar-refractivity contribution in [1.82, 2.24) is 4.98 Å². The van der Waals surface area contributed by atoms with Gasteiger partial charge in [0.05, 0.1) is 6.42 Å². The molecule has 5 heteroatoms. The number of aromatic nitrogens is 1. The van der Waals surface area contributed by atoms with Crippen molar-refractivity contribution in [3.63, 3.8) is 0 Å². The maximum absolute atomic E-state index is 12.3. The van der Waals surface area contributed by atoms with Gasteiger partial charge in [0, 0.05) is 30.0 Å². The molecule has 0 spiro atoms. The second-order valence-corrected chi connectivity index (χ2v) is 7.13. The van der Waals surface area contributed by atoms with E-state index in [1.807, 2.05) is 60.7 Å². The van der Waals surface area contributed by atoms with Crippen LogP contribution in [0.1, 0.15) is 19.4 Å². The lowest BCUT2D eigenvalue weighted by Gasteiger charge is -2.20. The van der Waals surface area contributed by atoms with Crippen molar-refractivity contribution in [2.45, 2.75) is 20.3 Å². The number of anilines is 2. The van der Waals surface area contributed by atoms with E-state index in [1.165, 1.54) is 5.69 Å². The van der Waals surface area contributed by atoms with E-state index < -0.39 is 0 Å². The molecule has 0 saturated heterocycles. The normalized spacial score (nSPS) is 10.9. The van der Waals surface area contributed by atoms with Crippen LogP contribution < -0.4 is 10.2 Å². The highest BCUT2D eigenvalue weighted by atomic mass is 16.3. The molecular weight excluding hydrogens is 374 g/mol. The summed E-state index contributed by atoms with van der Waals surface area (Å²) in [4.78, 5) is 19.2. The predicted octanol–water partition coefficient (Wildman–Crippen LogP) is 5.52. The van der Waals surface area contributed by atoms with Gasteiger partial charge in [0.2, 0.25) is 11.8 Å². The van der Waals surface area contributed by atoms with E-state index in [0.717, 1.165) is 29.7 Å². The van der Waals surface area contributed by atoms with Crippen molar-refractivity contribution < 1.29 is 9.21 Å². The van der Waals surface area contributed by atoms with E-state index in [-0.39, 0.29) is 5.91 Å². The zero-order valence-electron chi connectivity index (χ0n) is 17.3. The number of carbonyl (C=O) groups is 1. The summed E-state index contributed by atoms with van der Waals surface area (Å²) in [6.45, 7) is 6.23. The van der Waals surface area contributed by atoms with Gasteiger partial charge in [-0.15, -0.1) is 0 Å². The molecule has 1 heterocycles. The molecule has 0 saturated carbocycles. The number of benzene rings is 3. The second kappa shape index (κ2) is 8.82. The summed E-state index contributed by atoms with van der Waals surface area (Å²) in [6, 6.07) is 23.4. The Morgan fingerprint density at radius 3 is 2.40 bits per heavy atom. The number of fused-ring (bicyclic) bond motifs is 1. The van der Waals surface area contributed by atoms with Gasteiger partial charge in [0.15, 0.2) is 5.58 Å². The third kappa shape index (κ3) is 4.35. The topological polar surface area (TPSA) is 58.4 Å². The fourth-order valence-corrected chi connectivity index (χ4v) is 3.52. The highest BCUT2D eigenvalue weighted by Crippen LogP contribution is 2.28. The van der Waals surface area contributed by atoms with Crippen LogP contribution in [-0.2, 0) is 11.2 Å². The van der Waals surface area contributed by atoms with Gasteiger partial charge in [-0.1, -0.05) is 30.3 Å². The molecule has 152 valence electrons. The Labute approximate surface area is 176 Å². The van der Waals surface area contributed by atoms with Gasteiger partial charge < -0.3 is 14.6 Å². The quantitative estimate of drug-likeness (QED) is 0.444. The van der Waals surface area contributed by atoms with Crippen LogP contribution in [0.4, 0.5) is 11.4 Å². The lowest BCUT2D eigenvalue weighted by molar-refractivity contribution is -0.115. The van der Waals surface area contributed by atoms with E-state index in [2.05, 4.69) is 41.2 Å². The summed E-state index contributed by atoms with van der Waals surface area (Å²) in [7, 11) is 0. The third-order valence-electron chi connectivity index (χ3n) is 5.12. The first-order valence-electron chi connectivity index (χ1n) is 10.3. The molecule has 0 fully saturated rings. The van der Waals surface area contributed by atoms with Gasteiger partial charge in [-0.3, -0.25) is 4.79 Å². The average Bonchev–Trinajstić information content (AvgIpc) is 3.19. The van der Waals surface area contributed by atoms with E-state index in [9.17, 15) is 4.79 Å². The molecule has 0 radical (unpaired) electrons. The maximum Gasteiger partial charge on any atom is 0.228 e. The van der Waals surface area contributed by atoms with E-state index >= 15 is 0 Å². The summed E-state index contributed by atoms with van der Waals surface area (Å²) >= 11 is 0. The molecule has 0 aliphatic heterocycles. The molecule has 0 aliphatic rings. The van der Waals surface area contributed by atoms with E-state index in [4.69, 9.17) is 4.42 Å². The van der Waals surface area contributed by atoms with Gasteiger partial charge in [0.25, 0.3) is 0 Å². The SMILES string of the molecule is CCN(CC)c1ccc(-c2nc3cc(NC(=O)Cc4ccccc4)ccc3o2)cc1. The first kappa shape index (κ1) is 19.7. The number of nitrogens with zero attached hydrogens (tertiary/aromatic N) is 2. The lowest BCUT2D eigenvalue weighted by atomic mass is 10.1. The van der Waals surface area contributed by atoms with Crippen LogP contribution in [0, 0.1) is 0 Å². The number of nitrogens with one attached hydrogen (secondary N) is 1. The third-order valence-corrected chi connectivity index (χ3v) is 5.12. The summed E-state index contributed by atoms with van der Waals surface area (Å²) in [6.07, 6.45) is 0.335. The minimum Gasteiger partial charge on any atom is -0.436 e. The number of rotatable bonds is 7. The molecule has 1 amide bonds. The van der Waals surface area contributed by atoms with Crippen LogP contribution in [-0.4, -0.2) is 24.0 Å². The van der Waals surface area contributed by atoms with Gasteiger partial charge in [-0.05, 0) is 61.9 Å². The smallest absolute Gasteiger partial charge is 0.228 e. The second-order valence-electron chi connectivity index (χ2n) is 7.13. The minimum atomic E-state index is -0.0590. The molecule has 0 unspecified atom stereocenters. The van der Waals surface area contributed by atoms with Crippen molar-refractivity contribution in [3.8, 4) is 11.5 Å². The first-order chi connectivity index (χ1) is 14.7. The molecule has 4 rings (SSSR count). The number of amides is 1. The summed E-state index contributed by atoms with van der Waals surface area (Å²) < 4.78 is 5.93. The highest BCUT2D eigenvalue weighted by Gasteiger charge is 2.11. The fourth-order valence-electron chi connectivity index (χ4n) is 3.52. The van der Waals surface area contributed by atoms with Gasteiger partial charge in [0.1, 0.15) is 5.52 Å². The molecule has 4 aromatic rings. The molecule has 0 aliphatic carbocycles. The maximum atomic E-state index is 12.3. The van der Waals surface area contributed by atoms with Crippen LogP contribution in [0.3, 0.4) is 0 Å². The molecular formula is C25H25N3O2. The number of oxazole rings is 1. The van der Waals surface area contributed by atoms with Crippen LogP contribution in [0.25, 0.3) is 22.6 Å². The zero-order valence-corrected chi connectivity index (χ0v) is 17.3. The van der Waals surface area contributed by atoms with Crippen molar-refractivity contribution in [2.75, 3.05) is 23.3 Å². The molecule has 0 bridgehead atoms. The predicted molar refractivity (Wildman–Crippen MR) is 122 cm³/mol. The number of carbonyl (C=O) groups excluding carboxylic acids is 1. The first-order valence-corrected chi connectivity index (χ1v) is 10.3. The van der Waals surface area contributed by atoms with Crippen LogP contribution in [0.5, 0.6) is 0 Å². The van der Waals surface area contributed by atoms with E-state index in [1.54, 1.807) is 0 Å². The molecule has 5 nitrogen and oxygen atoms in total. The van der Waals surface area contributed by atoms with Gasteiger partial charge >= 0.3 is 0 Å². The Kier molecular flexibility index (Phi) is 5.80. The van der Waals surface area contributed by atoms with Crippen LogP contribution in [0.15, 0.2) is 77.2 Å². The Morgan fingerprint density at radius 1 is 0.967 bits per heavy atom. The summed E-state index contributed by atoms with van der Waals surface area (Å²) in [5.41, 5.74) is 5.21. The Hall–Kier alpha value is -3.60. The van der Waals surface area contributed by atoms with Crippen molar-refractivity contribution in [2.24, 2.45) is 0 Å². The highest BCUT2D eigenvalue weighted by molar-refractivity contribution is 5.94. The largest absolute Gasteiger partial charge is 0.436 e. The number of hydrogen-bond donors (Lipinski definition) is 1. The molecule has 1 N–H and O–H groups in total. The Bertz CT molecular complexity index is 1130. The standard InChI is InChI=1S/C25H25N3O2/c1-3-28(4-2)21-13-10-19(11-14-21)25-27-22-17-20(12-15-23(22)30-25)26-24(29)16-18-8-6-5-7-9-18/h5-15,17H,3-4,16H2,1-2H3,(H,26,29). The van der Waals surface area contributed by atoms with E-state index in [0.29, 0.717) is 23.6 Å². The summed E-state index contributed by atoms with van der Waals surface area (Å²) in [5.74, 6) is 0.514. The van der Waals surface area contributed by atoms with Gasteiger partial charge in [-0.25, -0.2) is 4.98 Å². The van der Waals surface area contributed by atoms with Crippen LogP contribution >= 0.6 is 0 Å². The number of hydrogen-bond acceptors (Lipinski definition) is 4. The Balaban J connectivity index is 1.50. The van der Waals surface area contributed by atoms with Crippen molar-refractivity contribution in [3.05, 3.63) is 78.4 Å². The minimum absolute atomic E-state index is 0.0590. The lowest BCUT2D eigenvalue weighted by Crippen LogP contribution is -2.21. The fraction of sp³-hybridized carbons (Fsp3) is 0.200. The van der Waals surface area contributed by atoms with Gasteiger partial charge in [-0.2, -0.15) is 0 Å². The average molecular weight is 399 g/mol. The Morgan fingerprint density at radius 2 is 1.70 bits per heavy atom. The van der Waals surface area contributed by atoms with Crippen LogP contribution in [0.2, 0.25) is 0 Å². The zero-order chi connectivity index (χ0) is 20.9. The van der Waals surface area contributed by atoms with Crippen molar-refractivity contribution in [1.29, 1.82) is 0 Å². The van der Waals surface area contributed by atoms with Crippen molar-refractivity contribution >= 4 is 28.4 Å². The molecule has 30 heavy (non-hydrogen) atoms.